The Morgan fingerprint density at radius 2 is 1.84 bits per heavy atom. The van der Waals surface area contributed by atoms with Crippen molar-refractivity contribution < 1.29 is 26.7 Å². The van der Waals surface area contributed by atoms with E-state index < -0.39 is 34.8 Å². The van der Waals surface area contributed by atoms with Crippen LogP contribution in [0.5, 0.6) is 0 Å². The summed E-state index contributed by atoms with van der Waals surface area (Å²) < 4.78 is 68.5. The van der Waals surface area contributed by atoms with Crippen LogP contribution in [-0.2, 0) is 10.0 Å². The van der Waals surface area contributed by atoms with Crippen LogP contribution < -0.4 is 4.90 Å². The van der Waals surface area contributed by atoms with Crippen molar-refractivity contribution in [3.63, 3.8) is 0 Å². The van der Waals surface area contributed by atoms with Crippen LogP contribution in [0.3, 0.4) is 0 Å². The number of alkyl halides is 3. The lowest BCUT2D eigenvalue weighted by molar-refractivity contribution is -0.159. The molecule has 0 amide bonds. The van der Waals surface area contributed by atoms with E-state index in [0.29, 0.717) is 0 Å². The molecule has 2 heterocycles. The number of hydrogen-bond acceptors (Lipinski definition) is 5. The summed E-state index contributed by atoms with van der Waals surface area (Å²) in [6.07, 6.45) is -6.19. The van der Waals surface area contributed by atoms with E-state index in [4.69, 9.17) is 11.6 Å². The number of rotatable bonds is 3. The predicted molar refractivity (Wildman–Crippen MR) is 111 cm³/mol. The summed E-state index contributed by atoms with van der Waals surface area (Å²) in [6, 6.07) is 8.50. The number of aryl methyl sites for hydroxylation is 1. The molecule has 1 aliphatic rings. The maximum atomic E-state index is 13.8. The molecule has 1 fully saturated rings. The first-order chi connectivity index (χ1) is 14.5. The van der Waals surface area contributed by atoms with Crippen LogP contribution in [0.25, 0.3) is 10.9 Å². The maximum Gasteiger partial charge on any atom is 0.408 e. The molecule has 6 nitrogen and oxygen atoms in total. The van der Waals surface area contributed by atoms with E-state index in [0.717, 1.165) is 14.6 Å². The first-order valence-electron chi connectivity index (χ1n) is 9.51. The zero-order valence-electron chi connectivity index (χ0n) is 16.3. The lowest BCUT2D eigenvalue weighted by Crippen LogP contribution is -2.52. The van der Waals surface area contributed by atoms with Gasteiger partial charge in [0.2, 0.25) is 0 Å². The second-order valence-electron chi connectivity index (χ2n) is 7.55. The van der Waals surface area contributed by atoms with Crippen LogP contribution >= 0.6 is 11.6 Å². The first kappa shape index (κ1) is 21.9. The molecule has 31 heavy (non-hydrogen) atoms. The Bertz CT molecular complexity index is 1230. The standard InChI is InChI=1S/C20H19ClF3N3O3S/c1-12-5-7-14(8-6-12)31(29,30)27-16-4-2-3-15(21)18(16)19(25-27)26-10-9-13(28)11-17(26)20(22,23)24/h2-8,13,17,28H,9-11H2,1H3. The average molecular weight is 474 g/mol. The molecule has 2 unspecified atom stereocenters. The van der Waals surface area contributed by atoms with Crippen molar-refractivity contribution in [3.8, 4) is 0 Å². The van der Waals surface area contributed by atoms with Crippen LogP contribution in [0.2, 0.25) is 5.02 Å². The SMILES string of the molecule is Cc1ccc(S(=O)(=O)n2nc(N3CCC(O)CC3C(F)(F)F)c3c(Cl)cccc32)cc1. The summed E-state index contributed by atoms with van der Waals surface area (Å²) in [5.74, 6) is -0.175. The lowest BCUT2D eigenvalue weighted by Gasteiger charge is -2.39. The summed E-state index contributed by atoms with van der Waals surface area (Å²) >= 11 is 6.30. The van der Waals surface area contributed by atoms with Gasteiger partial charge in [0.25, 0.3) is 10.0 Å². The van der Waals surface area contributed by atoms with Crippen molar-refractivity contribution in [2.45, 2.75) is 43.0 Å². The average Bonchev–Trinajstić information content (AvgIpc) is 3.09. The zero-order valence-corrected chi connectivity index (χ0v) is 17.9. The highest BCUT2D eigenvalue weighted by Gasteiger charge is 2.48. The monoisotopic (exact) mass is 473 g/mol. The van der Waals surface area contributed by atoms with Crippen molar-refractivity contribution >= 4 is 38.3 Å². The van der Waals surface area contributed by atoms with Gasteiger partial charge in [0.05, 0.1) is 26.9 Å². The third-order valence-corrected chi connectivity index (χ3v) is 7.29. The van der Waals surface area contributed by atoms with Gasteiger partial charge in [0.15, 0.2) is 5.82 Å². The van der Waals surface area contributed by atoms with Crippen molar-refractivity contribution in [2.24, 2.45) is 0 Å². The number of anilines is 1. The van der Waals surface area contributed by atoms with Gasteiger partial charge in [0, 0.05) is 13.0 Å². The van der Waals surface area contributed by atoms with Crippen LogP contribution in [0, 0.1) is 6.92 Å². The third kappa shape index (κ3) is 3.88. The number of fused-ring (bicyclic) bond motifs is 1. The Morgan fingerprint density at radius 3 is 2.48 bits per heavy atom. The number of benzene rings is 2. The normalized spacial score (nSPS) is 20.4. The van der Waals surface area contributed by atoms with E-state index in [1.54, 1.807) is 19.1 Å². The number of aliphatic hydroxyl groups is 1. The largest absolute Gasteiger partial charge is 0.408 e. The Kier molecular flexibility index (Phi) is 5.43. The Balaban J connectivity index is 1.93. The minimum atomic E-state index is -4.64. The molecule has 0 aliphatic carbocycles. The van der Waals surface area contributed by atoms with Gasteiger partial charge >= 0.3 is 6.18 Å². The van der Waals surface area contributed by atoms with E-state index >= 15 is 0 Å². The molecular formula is C20H19ClF3N3O3S. The van der Waals surface area contributed by atoms with Gasteiger partial charge < -0.3 is 10.0 Å². The molecule has 11 heteroatoms. The summed E-state index contributed by atoms with van der Waals surface area (Å²) in [4.78, 5) is 0.942. The fraction of sp³-hybridized carbons (Fsp3) is 0.350. The van der Waals surface area contributed by atoms with E-state index in [2.05, 4.69) is 5.10 Å². The molecule has 0 spiro atoms. The molecule has 2 atom stereocenters. The Morgan fingerprint density at radius 1 is 1.16 bits per heavy atom. The number of aliphatic hydroxyl groups excluding tert-OH is 1. The molecule has 1 N–H and O–H groups in total. The van der Waals surface area contributed by atoms with Crippen LogP contribution in [0.4, 0.5) is 19.0 Å². The first-order valence-corrected chi connectivity index (χ1v) is 11.3. The minimum Gasteiger partial charge on any atom is -0.393 e. The number of nitrogens with zero attached hydrogens (tertiary/aromatic N) is 3. The third-order valence-electron chi connectivity index (χ3n) is 5.38. The highest BCUT2D eigenvalue weighted by molar-refractivity contribution is 7.90. The predicted octanol–water partition coefficient (Wildman–Crippen LogP) is 4.13. The molecule has 3 aromatic rings. The highest BCUT2D eigenvalue weighted by atomic mass is 35.5. The van der Waals surface area contributed by atoms with Crippen LogP contribution in [-0.4, -0.2) is 47.6 Å². The Hall–Kier alpha value is -2.30. The van der Waals surface area contributed by atoms with Crippen molar-refractivity contribution in [3.05, 3.63) is 53.1 Å². The topological polar surface area (TPSA) is 75.4 Å². The van der Waals surface area contributed by atoms with Gasteiger partial charge in [-0.25, -0.2) is 0 Å². The fourth-order valence-electron chi connectivity index (χ4n) is 3.79. The van der Waals surface area contributed by atoms with Gasteiger partial charge in [-0.3, -0.25) is 0 Å². The zero-order chi connectivity index (χ0) is 22.6. The van der Waals surface area contributed by atoms with Crippen LogP contribution in [0.1, 0.15) is 18.4 Å². The van der Waals surface area contributed by atoms with Gasteiger partial charge in [-0.1, -0.05) is 35.4 Å². The smallest absolute Gasteiger partial charge is 0.393 e. The van der Waals surface area contributed by atoms with Gasteiger partial charge in [0.1, 0.15) is 6.04 Å². The van der Waals surface area contributed by atoms with Crippen molar-refractivity contribution in [2.75, 3.05) is 11.4 Å². The molecule has 4 rings (SSSR count). The second-order valence-corrected chi connectivity index (χ2v) is 9.72. The summed E-state index contributed by atoms with van der Waals surface area (Å²) in [5.41, 5.74) is 0.933. The molecule has 0 saturated carbocycles. The quantitative estimate of drug-likeness (QED) is 0.619. The van der Waals surface area contributed by atoms with E-state index in [1.807, 2.05) is 0 Å². The molecule has 0 bridgehead atoms. The van der Waals surface area contributed by atoms with Gasteiger partial charge in [-0.15, -0.1) is 5.10 Å². The van der Waals surface area contributed by atoms with E-state index in [-0.39, 0.29) is 39.6 Å². The number of hydrogen-bond donors (Lipinski definition) is 1. The molecular weight excluding hydrogens is 455 g/mol. The molecule has 1 aliphatic heterocycles. The van der Waals surface area contributed by atoms with Crippen molar-refractivity contribution in [1.29, 1.82) is 0 Å². The number of halogens is 4. The number of piperidine rings is 1. The van der Waals surface area contributed by atoms with Gasteiger partial charge in [-0.2, -0.15) is 25.7 Å². The summed E-state index contributed by atoms with van der Waals surface area (Å²) in [6.45, 7) is 1.66. The Labute approximate surface area is 181 Å². The van der Waals surface area contributed by atoms with E-state index in [9.17, 15) is 26.7 Å². The minimum absolute atomic E-state index is 0.0459. The van der Waals surface area contributed by atoms with E-state index in [1.165, 1.54) is 30.3 Å². The molecule has 1 aromatic heterocycles. The van der Waals surface area contributed by atoms with Crippen molar-refractivity contribution in [1.82, 2.24) is 9.19 Å². The molecule has 166 valence electrons. The van der Waals surface area contributed by atoms with Crippen LogP contribution in [0.15, 0.2) is 47.4 Å². The number of aromatic nitrogens is 2. The maximum absolute atomic E-state index is 13.8. The molecule has 1 saturated heterocycles. The summed E-state index contributed by atoms with van der Waals surface area (Å²) in [5, 5.41) is 14.1. The molecule has 0 radical (unpaired) electrons. The fourth-order valence-corrected chi connectivity index (χ4v) is 5.32. The lowest BCUT2D eigenvalue weighted by atomic mass is 9.98. The summed E-state index contributed by atoms with van der Waals surface area (Å²) in [7, 11) is -4.19. The second kappa shape index (κ2) is 7.68. The highest BCUT2D eigenvalue weighted by Crippen LogP contribution is 2.40. The van der Waals surface area contributed by atoms with Gasteiger partial charge in [-0.05, 0) is 37.6 Å². The molecule has 2 aromatic carbocycles.